The Morgan fingerprint density at radius 3 is 2.52 bits per heavy atom. The van der Waals surface area contributed by atoms with Crippen molar-refractivity contribution in [2.75, 3.05) is 23.7 Å². The fourth-order valence-corrected chi connectivity index (χ4v) is 2.77. The summed E-state index contributed by atoms with van der Waals surface area (Å²) in [6.07, 6.45) is 2.94. The third kappa shape index (κ3) is 4.20. The minimum atomic E-state index is -0.788. The van der Waals surface area contributed by atoms with E-state index in [9.17, 15) is 13.6 Å². The number of nitrogens with zero attached hydrogens (tertiary/aromatic N) is 3. The molecule has 1 aliphatic heterocycles. The van der Waals surface area contributed by atoms with Crippen LogP contribution in [0.2, 0.25) is 0 Å². The quantitative estimate of drug-likeness (QED) is 0.895. The van der Waals surface area contributed by atoms with Crippen LogP contribution in [0.3, 0.4) is 0 Å². The van der Waals surface area contributed by atoms with Gasteiger partial charge < -0.3 is 15.5 Å². The summed E-state index contributed by atoms with van der Waals surface area (Å²) in [5.41, 5.74) is 0.463. The van der Waals surface area contributed by atoms with Crippen molar-refractivity contribution in [2.45, 2.75) is 25.8 Å². The van der Waals surface area contributed by atoms with Crippen LogP contribution in [0.5, 0.6) is 0 Å². The van der Waals surface area contributed by atoms with Crippen LogP contribution < -0.4 is 10.6 Å². The van der Waals surface area contributed by atoms with Gasteiger partial charge in [-0.1, -0.05) is 6.07 Å². The molecule has 25 heavy (non-hydrogen) atoms. The SMILES string of the molecule is Cc1cc(NC2CCN(C(=O)Nc3c(F)cccc3F)CC2)ncn1. The van der Waals surface area contributed by atoms with Gasteiger partial charge >= 0.3 is 6.03 Å². The normalized spacial score (nSPS) is 15.1. The number of halogens is 2. The van der Waals surface area contributed by atoms with Crippen molar-refractivity contribution in [3.05, 3.63) is 47.9 Å². The Kier molecular flexibility index (Phi) is 5.06. The van der Waals surface area contributed by atoms with Gasteiger partial charge in [-0.25, -0.2) is 23.5 Å². The molecule has 1 aliphatic rings. The number of benzene rings is 1. The molecule has 1 aromatic carbocycles. The highest BCUT2D eigenvalue weighted by molar-refractivity contribution is 5.89. The maximum absolute atomic E-state index is 13.6. The van der Waals surface area contributed by atoms with Crippen LogP contribution in [0, 0.1) is 18.6 Å². The molecule has 2 amide bonds. The summed E-state index contributed by atoms with van der Waals surface area (Å²) in [6.45, 7) is 2.87. The summed E-state index contributed by atoms with van der Waals surface area (Å²) >= 11 is 0. The number of nitrogens with one attached hydrogen (secondary N) is 2. The molecule has 1 saturated heterocycles. The summed E-state index contributed by atoms with van der Waals surface area (Å²) < 4.78 is 27.2. The van der Waals surface area contributed by atoms with Crippen LogP contribution in [-0.2, 0) is 0 Å². The fourth-order valence-electron chi connectivity index (χ4n) is 2.77. The van der Waals surface area contributed by atoms with Crippen LogP contribution in [0.15, 0.2) is 30.6 Å². The van der Waals surface area contributed by atoms with Crippen molar-refractivity contribution < 1.29 is 13.6 Å². The van der Waals surface area contributed by atoms with Crippen molar-refractivity contribution in [2.24, 2.45) is 0 Å². The highest BCUT2D eigenvalue weighted by atomic mass is 19.1. The maximum atomic E-state index is 13.6. The molecule has 0 spiro atoms. The number of hydrogen-bond acceptors (Lipinski definition) is 4. The van der Waals surface area contributed by atoms with Crippen molar-refractivity contribution in [1.82, 2.24) is 14.9 Å². The first-order valence-electron chi connectivity index (χ1n) is 8.08. The van der Waals surface area contributed by atoms with Crippen molar-refractivity contribution in [3.8, 4) is 0 Å². The highest BCUT2D eigenvalue weighted by Gasteiger charge is 2.24. The van der Waals surface area contributed by atoms with Crippen LogP contribution in [-0.4, -0.2) is 40.0 Å². The van der Waals surface area contributed by atoms with Crippen LogP contribution in [0.25, 0.3) is 0 Å². The Labute approximate surface area is 144 Å². The molecule has 0 radical (unpaired) electrons. The zero-order valence-electron chi connectivity index (χ0n) is 13.8. The molecule has 2 aromatic rings. The first-order chi connectivity index (χ1) is 12.0. The van der Waals surface area contributed by atoms with E-state index in [2.05, 4.69) is 20.6 Å². The van der Waals surface area contributed by atoms with Crippen LogP contribution >= 0.6 is 0 Å². The molecule has 132 valence electrons. The molecule has 0 atom stereocenters. The fraction of sp³-hybridized carbons (Fsp3) is 0.353. The van der Waals surface area contributed by atoms with Crippen LogP contribution in [0.1, 0.15) is 18.5 Å². The third-order valence-electron chi connectivity index (χ3n) is 4.13. The molecule has 0 saturated carbocycles. The van der Waals surface area contributed by atoms with Crippen LogP contribution in [0.4, 0.5) is 25.1 Å². The second-order valence-corrected chi connectivity index (χ2v) is 5.98. The average Bonchev–Trinajstić information content (AvgIpc) is 2.59. The first kappa shape index (κ1) is 17.1. The molecule has 1 fully saturated rings. The Balaban J connectivity index is 1.54. The van der Waals surface area contributed by atoms with Gasteiger partial charge in [0, 0.05) is 30.9 Å². The number of anilines is 2. The lowest BCUT2D eigenvalue weighted by atomic mass is 10.1. The molecule has 8 heteroatoms. The third-order valence-corrected chi connectivity index (χ3v) is 4.13. The van der Waals surface area contributed by atoms with Gasteiger partial charge in [-0.05, 0) is 31.9 Å². The minimum Gasteiger partial charge on any atom is -0.367 e. The van der Waals surface area contributed by atoms with E-state index in [4.69, 9.17) is 0 Å². The number of carbonyl (C=O) groups is 1. The molecule has 2 heterocycles. The predicted molar refractivity (Wildman–Crippen MR) is 90.4 cm³/mol. The number of urea groups is 1. The second-order valence-electron chi connectivity index (χ2n) is 5.98. The summed E-state index contributed by atoms with van der Waals surface area (Å²) in [4.78, 5) is 22.0. The standard InChI is InChI=1S/C17H19F2N5O/c1-11-9-15(21-10-20-11)22-12-5-7-24(8-6-12)17(25)23-16-13(18)3-2-4-14(16)19/h2-4,9-10,12H,5-8H2,1H3,(H,23,25)(H,20,21,22). The lowest BCUT2D eigenvalue weighted by Gasteiger charge is -2.32. The second kappa shape index (κ2) is 7.42. The Morgan fingerprint density at radius 1 is 1.20 bits per heavy atom. The van der Waals surface area contributed by atoms with E-state index in [1.54, 1.807) is 4.90 Å². The van der Waals surface area contributed by atoms with Gasteiger partial charge in [0.15, 0.2) is 0 Å². The smallest absolute Gasteiger partial charge is 0.322 e. The number of amides is 2. The van der Waals surface area contributed by atoms with Gasteiger partial charge in [0.1, 0.15) is 29.5 Å². The lowest BCUT2D eigenvalue weighted by Crippen LogP contribution is -2.44. The average molecular weight is 347 g/mol. The molecular weight excluding hydrogens is 328 g/mol. The summed E-state index contributed by atoms with van der Waals surface area (Å²) in [5, 5.41) is 5.64. The Morgan fingerprint density at radius 2 is 1.88 bits per heavy atom. The van der Waals surface area contributed by atoms with Gasteiger partial charge in [-0.3, -0.25) is 0 Å². The van der Waals surface area contributed by atoms with E-state index in [-0.39, 0.29) is 6.04 Å². The molecule has 0 aliphatic carbocycles. The van der Waals surface area contributed by atoms with Crippen molar-refractivity contribution in [3.63, 3.8) is 0 Å². The number of hydrogen-bond donors (Lipinski definition) is 2. The zero-order chi connectivity index (χ0) is 17.8. The summed E-state index contributed by atoms with van der Waals surface area (Å²) in [5.74, 6) is -0.822. The minimum absolute atomic E-state index is 0.184. The molecular formula is C17H19F2N5O. The van der Waals surface area contributed by atoms with E-state index in [0.29, 0.717) is 13.1 Å². The zero-order valence-corrected chi connectivity index (χ0v) is 13.8. The Hall–Kier alpha value is -2.77. The lowest BCUT2D eigenvalue weighted by molar-refractivity contribution is 0.196. The number of aromatic nitrogens is 2. The number of likely N-dealkylation sites (tertiary alicyclic amines) is 1. The monoisotopic (exact) mass is 347 g/mol. The van der Waals surface area contributed by atoms with Gasteiger partial charge in [0.2, 0.25) is 0 Å². The van der Waals surface area contributed by atoms with Gasteiger partial charge in [-0.15, -0.1) is 0 Å². The van der Waals surface area contributed by atoms with E-state index < -0.39 is 23.4 Å². The number of piperidine rings is 1. The van der Waals surface area contributed by atoms with Crippen molar-refractivity contribution in [1.29, 1.82) is 0 Å². The van der Waals surface area contributed by atoms with E-state index in [1.165, 1.54) is 12.4 Å². The molecule has 6 nitrogen and oxygen atoms in total. The molecule has 0 unspecified atom stereocenters. The van der Waals surface area contributed by atoms with E-state index in [1.807, 2.05) is 13.0 Å². The predicted octanol–water partition coefficient (Wildman–Crippen LogP) is 3.17. The number of aryl methyl sites for hydroxylation is 1. The van der Waals surface area contributed by atoms with Gasteiger partial charge in [0.25, 0.3) is 0 Å². The molecule has 0 bridgehead atoms. The number of para-hydroxylation sites is 1. The topological polar surface area (TPSA) is 70.2 Å². The molecule has 3 rings (SSSR count). The van der Waals surface area contributed by atoms with Crippen molar-refractivity contribution >= 4 is 17.5 Å². The number of rotatable bonds is 3. The number of carbonyl (C=O) groups excluding carboxylic acids is 1. The highest BCUT2D eigenvalue weighted by Crippen LogP contribution is 2.20. The Bertz CT molecular complexity index is 742. The van der Waals surface area contributed by atoms with E-state index in [0.717, 1.165) is 36.5 Å². The summed E-state index contributed by atoms with van der Waals surface area (Å²) in [6, 6.07) is 5.02. The van der Waals surface area contributed by atoms with Gasteiger partial charge in [0.05, 0.1) is 0 Å². The van der Waals surface area contributed by atoms with Gasteiger partial charge in [-0.2, -0.15) is 0 Å². The maximum Gasteiger partial charge on any atom is 0.322 e. The molecule has 2 N–H and O–H groups in total. The largest absolute Gasteiger partial charge is 0.367 e. The summed E-state index contributed by atoms with van der Waals surface area (Å²) in [7, 11) is 0. The molecule has 1 aromatic heterocycles. The first-order valence-corrected chi connectivity index (χ1v) is 8.08. The van der Waals surface area contributed by atoms with E-state index >= 15 is 0 Å².